The average molecular weight is 294 g/mol. The van der Waals surface area contributed by atoms with Crippen molar-refractivity contribution in [2.75, 3.05) is 0 Å². The monoisotopic (exact) mass is 293 g/mol. The highest BCUT2D eigenvalue weighted by atomic mass is 79.9. The minimum absolute atomic E-state index is 0.420. The molecule has 0 aliphatic heterocycles. The van der Waals surface area contributed by atoms with Crippen LogP contribution < -0.4 is 0 Å². The van der Waals surface area contributed by atoms with Crippen LogP contribution in [0.4, 0.5) is 0 Å². The summed E-state index contributed by atoms with van der Waals surface area (Å²) in [5.41, 5.74) is 0.420. The first kappa shape index (κ1) is 11.6. The molecule has 0 unspecified atom stereocenters. The molecule has 0 atom stereocenters. The molecule has 0 radical (unpaired) electrons. The van der Waals surface area contributed by atoms with Gasteiger partial charge in [-0.15, -0.1) is 0 Å². The number of carbonyl (C=O) groups is 1. The highest BCUT2D eigenvalue weighted by Gasteiger charge is 2.10. The fourth-order valence-electron chi connectivity index (χ4n) is 1.17. The van der Waals surface area contributed by atoms with E-state index in [0.717, 1.165) is 0 Å². The molecule has 17 heavy (non-hydrogen) atoms. The molecule has 1 heterocycles. The summed E-state index contributed by atoms with van der Waals surface area (Å²) in [6, 6.07) is 10.4. The van der Waals surface area contributed by atoms with E-state index in [4.69, 9.17) is 9.25 Å². The number of oxime groups is 1. The van der Waals surface area contributed by atoms with E-state index in [0.29, 0.717) is 15.8 Å². The van der Waals surface area contributed by atoms with Gasteiger partial charge in [-0.2, -0.15) is 0 Å². The zero-order valence-electron chi connectivity index (χ0n) is 8.67. The molecule has 2 rings (SSSR count). The van der Waals surface area contributed by atoms with Crippen molar-refractivity contribution >= 4 is 28.1 Å². The van der Waals surface area contributed by atoms with Crippen LogP contribution in [0.5, 0.6) is 0 Å². The van der Waals surface area contributed by atoms with Gasteiger partial charge in [-0.1, -0.05) is 17.3 Å². The van der Waals surface area contributed by atoms with Crippen molar-refractivity contribution in [3.63, 3.8) is 0 Å². The van der Waals surface area contributed by atoms with Gasteiger partial charge in [0.1, 0.15) is 12.0 Å². The van der Waals surface area contributed by atoms with Crippen molar-refractivity contribution in [2.45, 2.75) is 0 Å². The minimum atomic E-state index is -0.528. The summed E-state index contributed by atoms with van der Waals surface area (Å²) in [7, 11) is 0. The molecule has 86 valence electrons. The third kappa shape index (κ3) is 3.04. The number of nitrogens with zero attached hydrogens (tertiary/aromatic N) is 1. The lowest BCUT2D eigenvalue weighted by atomic mass is 10.2. The molecule has 0 amide bonds. The summed E-state index contributed by atoms with van der Waals surface area (Å²) >= 11 is 3.26. The zero-order chi connectivity index (χ0) is 12.1. The molecule has 0 fully saturated rings. The van der Waals surface area contributed by atoms with E-state index in [1.165, 1.54) is 12.5 Å². The lowest BCUT2D eigenvalue weighted by Gasteiger charge is -1.99. The minimum Gasteiger partial charge on any atom is -0.463 e. The summed E-state index contributed by atoms with van der Waals surface area (Å²) in [5.74, 6) is -0.00907. The van der Waals surface area contributed by atoms with Crippen molar-refractivity contribution in [2.24, 2.45) is 5.16 Å². The molecular weight excluding hydrogens is 286 g/mol. The maximum absolute atomic E-state index is 11.6. The molecule has 0 spiro atoms. The second kappa shape index (κ2) is 5.45. The molecule has 5 heteroatoms. The first-order valence-corrected chi connectivity index (χ1v) is 5.59. The molecule has 1 aromatic heterocycles. The lowest BCUT2D eigenvalue weighted by Crippen LogP contribution is -2.01. The van der Waals surface area contributed by atoms with Gasteiger partial charge in [-0.3, -0.25) is 0 Å². The summed E-state index contributed by atoms with van der Waals surface area (Å²) in [6.45, 7) is 0. The third-order valence-electron chi connectivity index (χ3n) is 1.95. The topological polar surface area (TPSA) is 51.8 Å². The SMILES string of the molecule is O=C(O/N=C/c1ccco1)c1ccccc1Br. The summed E-state index contributed by atoms with van der Waals surface area (Å²) in [5, 5.41) is 3.54. The first-order valence-electron chi connectivity index (χ1n) is 4.80. The Balaban J connectivity index is 2.01. The van der Waals surface area contributed by atoms with Crippen LogP contribution in [0.25, 0.3) is 0 Å². The van der Waals surface area contributed by atoms with Crippen LogP contribution in [0, 0.1) is 0 Å². The van der Waals surface area contributed by atoms with E-state index in [2.05, 4.69) is 21.1 Å². The van der Waals surface area contributed by atoms with Crippen molar-refractivity contribution in [1.29, 1.82) is 0 Å². The fraction of sp³-hybridized carbons (Fsp3) is 0. The average Bonchev–Trinajstić information content (AvgIpc) is 2.82. The zero-order valence-corrected chi connectivity index (χ0v) is 10.3. The van der Waals surface area contributed by atoms with Crippen LogP contribution in [0.15, 0.2) is 56.7 Å². The molecule has 1 aromatic carbocycles. The molecule has 0 N–H and O–H groups in total. The van der Waals surface area contributed by atoms with Crippen molar-refractivity contribution in [1.82, 2.24) is 0 Å². The Labute approximate surface area is 106 Å². The smallest absolute Gasteiger partial charge is 0.366 e. The van der Waals surface area contributed by atoms with Gasteiger partial charge >= 0.3 is 5.97 Å². The van der Waals surface area contributed by atoms with E-state index in [1.807, 2.05) is 6.07 Å². The summed E-state index contributed by atoms with van der Waals surface area (Å²) in [4.78, 5) is 16.3. The Hall–Kier alpha value is -1.88. The van der Waals surface area contributed by atoms with Crippen molar-refractivity contribution in [3.8, 4) is 0 Å². The Morgan fingerprint density at radius 1 is 1.29 bits per heavy atom. The van der Waals surface area contributed by atoms with Gasteiger partial charge in [0.2, 0.25) is 0 Å². The number of furan rings is 1. The van der Waals surface area contributed by atoms with Crippen molar-refractivity contribution < 1.29 is 14.0 Å². The largest absolute Gasteiger partial charge is 0.463 e. The predicted octanol–water partition coefficient (Wildman–Crippen LogP) is 3.23. The molecule has 0 saturated carbocycles. The van der Waals surface area contributed by atoms with Gasteiger partial charge in [-0.25, -0.2) is 4.79 Å². The van der Waals surface area contributed by atoms with Crippen LogP contribution >= 0.6 is 15.9 Å². The first-order chi connectivity index (χ1) is 8.27. The van der Waals surface area contributed by atoms with Crippen LogP contribution in [0.2, 0.25) is 0 Å². The van der Waals surface area contributed by atoms with Gasteiger partial charge in [-0.05, 0) is 40.2 Å². The Morgan fingerprint density at radius 3 is 2.82 bits per heavy atom. The van der Waals surface area contributed by atoms with E-state index in [-0.39, 0.29) is 0 Å². The normalized spacial score (nSPS) is 10.6. The lowest BCUT2D eigenvalue weighted by molar-refractivity contribution is 0.0518. The second-order valence-electron chi connectivity index (χ2n) is 3.11. The quantitative estimate of drug-likeness (QED) is 0.496. The van der Waals surface area contributed by atoms with Crippen LogP contribution in [0.3, 0.4) is 0 Å². The fourth-order valence-corrected chi connectivity index (χ4v) is 1.61. The van der Waals surface area contributed by atoms with Gasteiger partial charge in [0.15, 0.2) is 0 Å². The Bertz CT molecular complexity index is 534. The number of hydrogen-bond donors (Lipinski definition) is 0. The summed E-state index contributed by atoms with van der Waals surface area (Å²) < 4.78 is 5.66. The van der Waals surface area contributed by atoms with Crippen LogP contribution in [0.1, 0.15) is 16.1 Å². The second-order valence-corrected chi connectivity index (χ2v) is 3.96. The van der Waals surface area contributed by atoms with Gasteiger partial charge in [0, 0.05) is 4.47 Å². The highest BCUT2D eigenvalue weighted by Crippen LogP contribution is 2.16. The number of carbonyl (C=O) groups excluding carboxylic acids is 1. The molecular formula is C12H8BrNO3. The molecule has 4 nitrogen and oxygen atoms in total. The highest BCUT2D eigenvalue weighted by molar-refractivity contribution is 9.10. The number of halogens is 1. The predicted molar refractivity (Wildman–Crippen MR) is 65.9 cm³/mol. The number of rotatable bonds is 3. The third-order valence-corrected chi connectivity index (χ3v) is 2.64. The molecule has 0 aliphatic carbocycles. The maximum atomic E-state index is 11.6. The Kier molecular flexibility index (Phi) is 3.72. The maximum Gasteiger partial charge on any atom is 0.366 e. The van der Waals surface area contributed by atoms with Crippen molar-refractivity contribution in [3.05, 3.63) is 58.5 Å². The Morgan fingerprint density at radius 2 is 2.12 bits per heavy atom. The van der Waals surface area contributed by atoms with E-state index in [9.17, 15) is 4.79 Å². The molecule has 0 bridgehead atoms. The van der Waals surface area contributed by atoms with Crippen LogP contribution in [-0.4, -0.2) is 12.2 Å². The molecule has 0 aliphatic rings. The van der Waals surface area contributed by atoms with Gasteiger partial charge in [0.05, 0.1) is 11.8 Å². The van der Waals surface area contributed by atoms with Crippen LogP contribution in [-0.2, 0) is 4.84 Å². The number of hydrogen-bond acceptors (Lipinski definition) is 4. The van der Waals surface area contributed by atoms with Gasteiger partial charge < -0.3 is 9.25 Å². The number of benzene rings is 1. The van der Waals surface area contributed by atoms with E-state index < -0.39 is 5.97 Å². The molecule has 0 saturated heterocycles. The summed E-state index contributed by atoms with van der Waals surface area (Å²) in [6.07, 6.45) is 2.84. The molecule has 2 aromatic rings. The standard InChI is InChI=1S/C12H8BrNO3/c13-11-6-2-1-5-10(11)12(15)17-14-8-9-4-3-7-16-9/h1-8H/b14-8+. The van der Waals surface area contributed by atoms with Gasteiger partial charge in [0.25, 0.3) is 0 Å². The van der Waals surface area contributed by atoms with E-state index in [1.54, 1.807) is 30.3 Å². The van der Waals surface area contributed by atoms with E-state index >= 15 is 0 Å².